The number of ether oxygens (including phenoxy) is 3. The van der Waals surface area contributed by atoms with Gasteiger partial charge in [0, 0.05) is 55.7 Å². The molecule has 0 N–H and O–H groups in total. The lowest BCUT2D eigenvalue weighted by Gasteiger charge is -2.17. The quantitative estimate of drug-likeness (QED) is 0.132. The average molecular weight is 617 g/mol. The van der Waals surface area contributed by atoms with Gasteiger partial charge >= 0.3 is 5.97 Å². The first kappa shape index (κ1) is 26.7. The van der Waals surface area contributed by atoms with Gasteiger partial charge in [-0.05, 0) is 87.9 Å². The number of hydrogen-bond acceptors (Lipinski definition) is 8. The van der Waals surface area contributed by atoms with Crippen molar-refractivity contribution in [2.24, 2.45) is 0 Å². The van der Waals surface area contributed by atoms with E-state index in [-0.39, 0.29) is 5.97 Å². The number of benzene rings is 3. The van der Waals surface area contributed by atoms with E-state index in [9.17, 15) is 4.79 Å². The largest absolute Gasteiger partial charge is 0.493 e. The molecule has 0 saturated heterocycles. The standard InChI is InChI=1S/C33H28O4S4/c1-6-35-29-20-10-18-9-16(4)38-25(18)13-22(20)30(36-7-2)21-11-19-12-27(40-26(19)14-23(21)29)32-24-15-28(33(34)37-8-3)41-31(24)17(5)39-32/h9-15H,6-8H2,1-5H3. The van der Waals surface area contributed by atoms with Crippen molar-refractivity contribution in [1.82, 2.24) is 0 Å². The normalized spacial score (nSPS) is 11.9. The first-order valence-electron chi connectivity index (χ1n) is 13.7. The molecule has 41 heavy (non-hydrogen) atoms. The van der Waals surface area contributed by atoms with Crippen molar-refractivity contribution >= 4 is 103 Å². The lowest BCUT2D eigenvalue weighted by atomic mass is 9.98. The molecule has 0 aliphatic carbocycles. The molecule has 7 rings (SSSR count). The van der Waals surface area contributed by atoms with Gasteiger partial charge < -0.3 is 14.2 Å². The smallest absolute Gasteiger partial charge is 0.348 e. The van der Waals surface area contributed by atoms with Crippen LogP contribution in [0.5, 0.6) is 11.5 Å². The van der Waals surface area contributed by atoms with Crippen LogP contribution in [-0.4, -0.2) is 25.8 Å². The molecular weight excluding hydrogens is 589 g/mol. The zero-order chi connectivity index (χ0) is 28.4. The molecule has 4 aromatic heterocycles. The van der Waals surface area contributed by atoms with Gasteiger partial charge in [0.05, 0.1) is 24.7 Å². The summed E-state index contributed by atoms with van der Waals surface area (Å²) < 4.78 is 21.7. The predicted molar refractivity (Wildman–Crippen MR) is 179 cm³/mol. The van der Waals surface area contributed by atoms with Crippen molar-refractivity contribution in [3.05, 3.63) is 57.1 Å². The highest BCUT2D eigenvalue weighted by Crippen LogP contribution is 2.50. The molecule has 208 valence electrons. The fraction of sp³-hybridized carbons (Fsp3) is 0.242. The van der Waals surface area contributed by atoms with E-state index in [2.05, 4.69) is 50.2 Å². The van der Waals surface area contributed by atoms with Crippen LogP contribution in [0, 0.1) is 13.8 Å². The molecule has 0 saturated carbocycles. The Morgan fingerprint density at radius 3 is 1.90 bits per heavy atom. The zero-order valence-electron chi connectivity index (χ0n) is 23.4. The summed E-state index contributed by atoms with van der Waals surface area (Å²) in [6, 6.07) is 15.6. The van der Waals surface area contributed by atoms with Crippen molar-refractivity contribution in [1.29, 1.82) is 0 Å². The van der Waals surface area contributed by atoms with Crippen LogP contribution in [0.4, 0.5) is 0 Å². The van der Waals surface area contributed by atoms with Gasteiger partial charge in [0.2, 0.25) is 0 Å². The van der Waals surface area contributed by atoms with Gasteiger partial charge in [0.25, 0.3) is 0 Å². The molecule has 0 fully saturated rings. The van der Waals surface area contributed by atoms with Gasteiger partial charge in [-0.3, -0.25) is 0 Å². The van der Waals surface area contributed by atoms with Gasteiger partial charge in [0.1, 0.15) is 16.4 Å². The highest BCUT2D eigenvalue weighted by Gasteiger charge is 2.22. The Hall–Kier alpha value is -3.17. The topological polar surface area (TPSA) is 44.8 Å². The van der Waals surface area contributed by atoms with Crippen LogP contribution in [0.3, 0.4) is 0 Å². The molecule has 8 heteroatoms. The minimum atomic E-state index is -0.249. The molecule has 3 aromatic carbocycles. The summed E-state index contributed by atoms with van der Waals surface area (Å²) in [7, 11) is 0. The number of carbonyl (C=O) groups is 1. The lowest BCUT2D eigenvalue weighted by Crippen LogP contribution is -2.01. The van der Waals surface area contributed by atoms with Gasteiger partial charge in [-0.25, -0.2) is 4.79 Å². The fourth-order valence-electron chi connectivity index (χ4n) is 5.62. The van der Waals surface area contributed by atoms with Crippen LogP contribution in [0.25, 0.3) is 61.6 Å². The summed E-state index contributed by atoms with van der Waals surface area (Å²) in [5.74, 6) is 1.57. The highest BCUT2D eigenvalue weighted by atomic mass is 32.1. The molecule has 0 amide bonds. The summed E-state index contributed by atoms with van der Waals surface area (Å²) in [4.78, 5) is 18.0. The molecule has 0 bridgehead atoms. The maximum absolute atomic E-state index is 12.5. The summed E-state index contributed by atoms with van der Waals surface area (Å²) in [5.41, 5.74) is 0. The van der Waals surface area contributed by atoms with E-state index < -0.39 is 0 Å². The molecule has 7 aromatic rings. The molecule has 0 aliphatic rings. The third-order valence-corrected chi connectivity index (χ3v) is 12.0. The zero-order valence-corrected chi connectivity index (χ0v) is 26.7. The van der Waals surface area contributed by atoms with Crippen molar-refractivity contribution < 1.29 is 19.0 Å². The Balaban J connectivity index is 1.48. The van der Waals surface area contributed by atoms with Crippen LogP contribution < -0.4 is 9.47 Å². The number of thiophene rings is 4. The average Bonchev–Trinajstić information content (AvgIpc) is 3.71. The van der Waals surface area contributed by atoms with Crippen molar-refractivity contribution in [3.8, 4) is 21.3 Å². The van der Waals surface area contributed by atoms with Gasteiger partial charge in [0.15, 0.2) is 0 Å². The number of carbonyl (C=O) groups excluding carboxylic acids is 1. The lowest BCUT2D eigenvalue weighted by molar-refractivity contribution is 0.0532. The summed E-state index contributed by atoms with van der Waals surface area (Å²) in [6.45, 7) is 11.7. The number of aryl methyl sites for hydroxylation is 2. The van der Waals surface area contributed by atoms with Crippen LogP contribution in [0.1, 0.15) is 40.2 Å². The second-order valence-electron chi connectivity index (χ2n) is 9.92. The monoisotopic (exact) mass is 616 g/mol. The summed E-state index contributed by atoms with van der Waals surface area (Å²) in [6.07, 6.45) is 0. The Morgan fingerprint density at radius 1 is 0.659 bits per heavy atom. The summed E-state index contributed by atoms with van der Waals surface area (Å²) in [5, 5.41) is 7.85. The van der Waals surface area contributed by atoms with Crippen molar-refractivity contribution in [2.75, 3.05) is 19.8 Å². The molecule has 0 spiro atoms. The summed E-state index contributed by atoms with van der Waals surface area (Å²) >= 11 is 6.90. The molecule has 4 heterocycles. The SMILES string of the molecule is CCOC(=O)c1cc2c(-c3cc4cc5c(OCC)c6cc7sc(C)cc7cc6c(OCC)c5cc4s3)sc(C)c2s1. The number of hydrogen-bond donors (Lipinski definition) is 0. The molecule has 0 atom stereocenters. The number of rotatable bonds is 7. The Bertz CT molecular complexity index is 2040. The minimum Gasteiger partial charge on any atom is -0.493 e. The predicted octanol–water partition coefficient (Wildman–Crippen LogP) is 11.0. The maximum atomic E-state index is 12.5. The molecule has 0 unspecified atom stereocenters. The van der Waals surface area contributed by atoms with Gasteiger partial charge in [-0.2, -0.15) is 0 Å². The maximum Gasteiger partial charge on any atom is 0.348 e. The van der Waals surface area contributed by atoms with Gasteiger partial charge in [-0.15, -0.1) is 45.3 Å². The van der Waals surface area contributed by atoms with E-state index in [1.165, 1.54) is 51.0 Å². The van der Waals surface area contributed by atoms with Crippen LogP contribution >= 0.6 is 45.3 Å². The Kier molecular flexibility index (Phi) is 6.70. The van der Waals surface area contributed by atoms with E-state index in [0.717, 1.165) is 43.1 Å². The second-order valence-corrected chi connectivity index (χ2v) is 14.6. The Morgan fingerprint density at radius 2 is 1.27 bits per heavy atom. The second kappa shape index (κ2) is 10.3. The molecule has 0 radical (unpaired) electrons. The van der Waals surface area contributed by atoms with E-state index in [0.29, 0.717) is 24.7 Å². The third kappa shape index (κ3) is 4.31. The van der Waals surface area contributed by atoms with E-state index in [4.69, 9.17) is 14.2 Å². The highest BCUT2D eigenvalue weighted by molar-refractivity contribution is 7.30. The molecule has 4 nitrogen and oxygen atoms in total. The van der Waals surface area contributed by atoms with Crippen LogP contribution in [0.2, 0.25) is 0 Å². The van der Waals surface area contributed by atoms with E-state index in [1.54, 1.807) is 22.7 Å². The van der Waals surface area contributed by atoms with E-state index in [1.807, 2.05) is 38.2 Å². The van der Waals surface area contributed by atoms with Crippen LogP contribution in [-0.2, 0) is 4.74 Å². The number of esters is 1. The minimum absolute atomic E-state index is 0.249. The molecular formula is C33H28O4S4. The van der Waals surface area contributed by atoms with Crippen molar-refractivity contribution in [2.45, 2.75) is 34.6 Å². The molecule has 0 aliphatic heterocycles. The van der Waals surface area contributed by atoms with Gasteiger partial charge in [-0.1, -0.05) is 0 Å². The fourth-order valence-corrected chi connectivity index (χ4v) is 10.1. The van der Waals surface area contributed by atoms with E-state index >= 15 is 0 Å². The van der Waals surface area contributed by atoms with Crippen molar-refractivity contribution in [3.63, 3.8) is 0 Å². The third-order valence-electron chi connectivity index (χ3n) is 7.24. The first-order valence-corrected chi connectivity index (χ1v) is 17.0. The number of fused-ring (bicyclic) bond motifs is 5. The first-order chi connectivity index (χ1) is 19.9. The van der Waals surface area contributed by atoms with Crippen LogP contribution in [0.15, 0.2) is 42.5 Å². The Labute approximate surface area is 253 Å².